The first-order valence-electron chi connectivity index (χ1n) is 5.98. The normalized spacial score (nSPS) is 16.9. The van der Waals surface area contributed by atoms with Gasteiger partial charge in [0.1, 0.15) is 6.07 Å². The largest absolute Gasteiger partial charge is 0.375 e. The van der Waals surface area contributed by atoms with Gasteiger partial charge in [-0.2, -0.15) is 10.4 Å². The maximum absolute atomic E-state index is 8.84. The van der Waals surface area contributed by atoms with Gasteiger partial charge in [0.2, 0.25) is 0 Å². The van der Waals surface area contributed by atoms with Crippen molar-refractivity contribution in [3.8, 4) is 6.07 Å². The van der Waals surface area contributed by atoms with Crippen LogP contribution in [-0.4, -0.2) is 27.8 Å². The summed E-state index contributed by atoms with van der Waals surface area (Å²) in [4.78, 5) is 2.31. The third-order valence-corrected chi connectivity index (χ3v) is 3.39. The van der Waals surface area contributed by atoms with Gasteiger partial charge in [0.05, 0.1) is 6.04 Å². The highest BCUT2D eigenvalue weighted by atomic mass is 15.3. The van der Waals surface area contributed by atoms with Crippen molar-refractivity contribution in [1.29, 1.82) is 5.26 Å². The predicted molar refractivity (Wildman–Crippen MR) is 66.3 cm³/mol. The lowest BCUT2D eigenvalue weighted by Crippen LogP contribution is -2.33. The van der Waals surface area contributed by atoms with E-state index in [1.165, 1.54) is 0 Å². The summed E-state index contributed by atoms with van der Waals surface area (Å²) in [5.41, 5.74) is 2.73. The molecule has 1 saturated heterocycles. The average Bonchev–Trinajstić information content (AvgIpc) is 2.71. The summed E-state index contributed by atoms with van der Waals surface area (Å²) in [5, 5.41) is 13.2. The summed E-state index contributed by atoms with van der Waals surface area (Å²) in [6.07, 6.45) is 2.14. The molecule has 0 bridgehead atoms. The van der Waals surface area contributed by atoms with E-state index in [0.29, 0.717) is 11.7 Å². The zero-order valence-corrected chi connectivity index (χ0v) is 10.5. The summed E-state index contributed by atoms with van der Waals surface area (Å²) in [7, 11) is 0. The Morgan fingerprint density at radius 1 is 1.53 bits per heavy atom. The van der Waals surface area contributed by atoms with Crippen LogP contribution in [0.4, 0.5) is 0 Å². The van der Waals surface area contributed by atoms with E-state index < -0.39 is 0 Å². The molecule has 0 unspecified atom stereocenters. The number of aromatic nitrogens is 2. The molecule has 0 amide bonds. The molecule has 4 nitrogen and oxygen atoms in total. The van der Waals surface area contributed by atoms with E-state index in [1.54, 1.807) is 0 Å². The zero-order valence-electron chi connectivity index (χ0n) is 10.5. The van der Waals surface area contributed by atoms with E-state index in [2.05, 4.69) is 22.6 Å². The molecule has 0 saturated carbocycles. The maximum Gasteiger partial charge on any atom is 0.162 e. The molecule has 1 aliphatic rings. The van der Waals surface area contributed by atoms with Gasteiger partial charge < -0.3 is 4.90 Å². The summed E-state index contributed by atoms with van der Waals surface area (Å²) in [6, 6.07) is 4.37. The van der Waals surface area contributed by atoms with Crippen molar-refractivity contribution in [2.24, 2.45) is 0 Å². The Labute approximate surface area is 102 Å². The zero-order chi connectivity index (χ0) is 12.4. The number of likely N-dealkylation sites (tertiary alicyclic amines) is 1. The van der Waals surface area contributed by atoms with E-state index in [1.807, 2.05) is 24.6 Å². The van der Waals surface area contributed by atoms with E-state index in [-0.39, 0.29) is 0 Å². The van der Waals surface area contributed by atoms with Crippen LogP contribution < -0.4 is 0 Å². The first-order valence-corrected chi connectivity index (χ1v) is 5.98. The topological polar surface area (TPSA) is 44.9 Å². The fraction of sp³-hybridized carbons (Fsp3) is 0.538. The van der Waals surface area contributed by atoms with Crippen LogP contribution in [0.5, 0.6) is 0 Å². The number of allylic oxidation sites excluding steroid dienone is 1. The molecule has 1 fully saturated rings. The minimum atomic E-state index is 0.424. The number of hydrogen-bond acceptors (Lipinski definition) is 3. The number of nitrogens with zero attached hydrogens (tertiary/aromatic N) is 4. The summed E-state index contributed by atoms with van der Waals surface area (Å²) >= 11 is 0. The molecule has 0 aromatic carbocycles. The van der Waals surface area contributed by atoms with Crippen molar-refractivity contribution in [2.75, 3.05) is 13.1 Å². The molecule has 0 atom stereocenters. The molecular weight excluding hydrogens is 212 g/mol. The molecule has 1 aromatic heterocycles. The molecule has 1 aromatic rings. The second kappa shape index (κ2) is 4.62. The molecule has 0 aliphatic carbocycles. The van der Waals surface area contributed by atoms with Crippen molar-refractivity contribution in [3.05, 3.63) is 29.7 Å². The lowest BCUT2D eigenvalue weighted by molar-refractivity contribution is 0.218. The highest BCUT2D eigenvalue weighted by molar-refractivity contribution is 5.22. The molecule has 2 heterocycles. The lowest BCUT2D eigenvalue weighted by atomic mass is 10.0. The number of aryl methyl sites for hydroxylation is 1. The number of rotatable bonds is 2. The molecule has 90 valence electrons. The van der Waals surface area contributed by atoms with Crippen molar-refractivity contribution in [3.63, 3.8) is 0 Å². The van der Waals surface area contributed by atoms with Crippen LogP contribution in [0.2, 0.25) is 0 Å². The van der Waals surface area contributed by atoms with Crippen LogP contribution in [0.15, 0.2) is 18.3 Å². The molecule has 17 heavy (non-hydrogen) atoms. The van der Waals surface area contributed by atoms with Crippen LogP contribution in [0.25, 0.3) is 0 Å². The Balaban J connectivity index is 2.08. The van der Waals surface area contributed by atoms with Gasteiger partial charge in [0.15, 0.2) is 5.69 Å². The van der Waals surface area contributed by atoms with Gasteiger partial charge in [-0.15, -0.1) is 0 Å². The second-order valence-corrected chi connectivity index (χ2v) is 4.68. The van der Waals surface area contributed by atoms with E-state index >= 15 is 0 Å². The van der Waals surface area contributed by atoms with Crippen LogP contribution >= 0.6 is 0 Å². The molecule has 4 heteroatoms. The molecule has 0 N–H and O–H groups in total. The Hall–Kier alpha value is -1.76. The second-order valence-electron chi connectivity index (χ2n) is 4.68. The molecule has 0 radical (unpaired) electrons. The molecular formula is C13H18N4. The van der Waals surface area contributed by atoms with Gasteiger partial charge in [-0.1, -0.05) is 6.58 Å². The monoisotopic (exact) mass is 230 g/mol. The lowest BCUT2D eigenvalue weighted by Gasteiger charge is -2.34. The van der Waals surface area contributed by atoms with Crippen molar-refractivity contribution < 1.29 is 0 Å². The minimum absolute atomic E-state index is 0.424. The Morgan fingerprint density at radius 2 is 2.18 bits per heavy atom. The van der Waals surface area contributed by atoms with Gasteiger partial charge in [0, 0.05) is 24.5 Å². The van der Waals surface area contributed by atoms with E-state index in [4.69, 9.17) is 5.26 Å². The summed E-state index contributed by atoms with van der Waals surface area (Å²) < 4.78 is 2.01. The Morgan fingerprint density at radius 3 is 2.65 bits per heavy atom. The van der Waals surface area contributed by atoms with E-state index in [0.717, 1.165) is 37.3 Å². The van der Waals surface area contributed by atoms with Crippen LogP contribution in [0, 0.1) is 18.3 Å². The molecule has 2 rings (SSSR count). The number of piperidine rings is 1. The third kappa shape index (κ3) is 2.33. The van der Waals surface area contributed by atoms with Crippen LogP contribution in [0.1, 0.15) is 37.2 Å². The van der Waals surface area contributed by atoms with Gasteiger partial charge in [0.25, 0.3) is 0 Å². The quantitative estimate of drug-likeness (QED) is 0.782. The van der Waals surface area contributed by atoms with Gasteiger partial charge >= 0.3 is 0 Å². The average molecular weight is 230 g/mol. The maximum atomic E-state index is 8.84. The Bertz CT molecular complexity index is 458. The fourth-order valence-electron chi connectivity index (χ4n) is 2.40. The SMILES string of the molecule is C=C(C)N1CCC(n2nc(C#N)cc2C)CC1. The van der Waals surface area contributed by atoms with E-state index in [9.17, 15) is 0 Å². The number of nitriles is 1. The predicted octanol–water partition coefficient (Wildman–Crippen LogP) is 2.23. The van der Waals surface area contributed by atoms with Crippen molar-refractivity contribution in [2.45, 2.75) is 32.7 Å². The smallest absolute Gasteiger partial charge is 0.162 e. The highest BCUT2D eigenvalue weighted by Gasteiger charge is 2.22. The fourth-order valence-corrected chi connectivity index (χ4v) is 2.40. The summed E-state index contributed by atoms with van der Waals surface area (Å²) in [5.74, 6) is 0. The van der Waals surface area contributed by atoms with Gasteiger partial charge in [-0.3, -0.25) is 4.68 Å². The third-order valence-electron chi connectivity index (χ3n) is 3.39. The van der Waals surface area contributed by atoms with Crippen molar-refractivity contribution >= 4 is 0 Å². The molecule has 1 aliphatic heterocycles. The highest BCUT2D eigenvalue weighted by Crippen LogP contribution is 2.25. The number of hydrogen-bond donors (Lipinski definition) is 0. The van der Waals surface area contributed by atoms with Crippen LogP contribution in [0.3, 0.4) is 0 Å². The Kier molecular flexibility index (Phi) is 3.19. The summed E-state index contributed by atoms with van der Waals surface area (Å²) in [6.45, 7) is 10.1. The van der Waals surface area contributed by atoms with Gasteiger partial charge in [-0.25, -0.2) is 0 Å². The first-order chi connectivity index (χ1) is 8.11. The van der Waals surface area contributed by atoms with Crippen molar-refractivity contribution in [1.82, 2.24) is 14.7 Å². The first kappa shape index (κ1) is 11.7. The van der Waals surface area contributed by atoms with Crippen LogP contribution in [-0.2, 0) is 0 Å². The standard InChI is InChI=1S/C13H18N4/c1-10(2)16-6-4-13(5-7-16)17-11(3)8-12(9-14)15-17/h8,13H,1,4-7H2,2-3H3. The van der Waals surface area contributed by atoms with Gasteiger partial charge in [-0.05, 0) is 32.8 Å². The minimum Gasteiger partial charge on any atom is -0.375 e. The molecule has 0 spiro atoms.